The van der Waals surface area contributed by atoms with E-state index in [0.29, 0.717) is 16.7 Å². The third-order valence-corrected chi connectivity index (χ3v) is 4.03. The topological polar surface area (TPSA) is 30.5 Å². The van der Waals surface area contributed by atoms with Gasteiger partial charge in [0.15, 0.2) is 11.5 Å². The van der Waals surface area contributed by atoms with Gasteiger partial charge in [-0.2, -0.15) is 0 Å². The van der Waals surface area contributed by atoms with Crippen molar-refractivity contribution < 1.29 is 9.47 Å². The second-order valence-corrected chi connectivity index (χ2v) is 5.92. The Labute approximate surface area is 147 Å². The highest BCUT2D eigenvalue weighted by atomic mass is 35.5. The van der Waals surface area contributed by atoms with Crippen molar-refractivity contribution in [3.05, 3.63) is 57.6 Å². The van der Waals surface area contributed by atoms with Gasteiger partial charge < -0.3 is 14.8 Å². The van der Waals surface area contributed by atoms with Crippen LogP contribution < -0.4 is 14.8 Å². The molecule has 2 rings (SSSR count). The molecule has 2 aromatic rings. The second-order valence-electron chi connectivity index (χ2n) is 5.08. The number of hydrogen-bond acceptors (Lipinski definition) is 3. The molecule has 0 amide bonds. The van der Waals surface area contributed by atoms with Crippen LogP contribution in [0.2, 0.25) is 10.0 Å². The first-order valence-corrected chi connectivity index (χ1v) is 8.34. The molecule has 124 valence electrons. The summed E-state index contributed by atoms with van der Waals surface area (Å²) in [4.78, 5) is 0. The van der Waals surface area contributed by atoms with E-state index in [0.717, 1.165) is 42.1 Å². The molecule has 0 aromatic heterocycles. The van der Waals surface area contributed by atoms with Crippen molar-refractivity contribution in [3.8, 4) is 11.5 Å². The van der Waals surface area contributed by atoms with E-state index in [9.17, 15) is 0 Å². The summed E-state index contributed by atoms with van der Waals surface area (Å²) in [6, 6.07) is 11.6. The molecule has 0 aliphatic heterocycles. The summed E-state index contributed by atoms with van der Waals surface area (Å²) in [7, 11) is 1.65. The fraction of sp³-hybridized carbons (Fsp3) is 0.333. The molecular weight excluding hydrogens is 333 g/mol. The third-order valence-electron chi connectivity index (χ3n) is 3.44. The van der Waals surface area contributed by atoms with Gasteiger partial charge >= 0.3 is 0 Å². The molecule has 0 radical (unpaired) electrons. The number of ether oxygens (including phenoxy) is 2. The first-order valence-electron chi connectivity index (χ1n) is 7.58. The van der Waals surface area contributed by atoms with Gasteiger partial charge in [0.25, 0.3) is 0 Å². The molecule has 0 aliphatic carbocycles. The van der Waals surface area contributed by atoms with Crippen LogP contribution in [-0.2, 0) is 13.0 Å². The lowest BCUT2D eigenvalue weighted by molar-refractivity contribution is 0.310. The Balaban J connectivity index is 1.86. The Kier molecular flexibility index (Phi) is 7.03. The van der Waals surface area contributed by atoms with E-state index in [1.807, 2.05) is 37.3 Å². The minimum absolute atomic E-state index is 0.621. The monoisotopic (exact) mass is 353 g/mol. The molecule has 0 bridgehead atoms. The maximum absolute atomic E-state index is 6.17. The molecule has 0 unspecified atom stereocenters. The molecule has 0 atom stereocenters. The average molecular weight is 354 g/mol. The molecule has 1 N–H and O–H groups in total. The predicted molar refractivity (Wildman–Crippen MR) is 96.0 cm³/mol. The Morgan fingerprint density at radius 1 is 1.04 bits per heavy atom. The van der Waals surface area contributed by atoms with Gasteiger partial charge in [-0.15, -0.1) is 0 Å². The van der Waals surface area contributed by atoms with Crippen LogP contribution >= 0.6 is 23.2 Å². The van der Waals surface area contributed by atoms with Crippen molar-refractivity contribution >= 4 is 23.2 Å². The van der Waals surface area contributed by atoms with E-state index in [1.54, 1.807) is 13.2 Å². The van der Waals surface area contributed by atoms with Gasteiger partial charge in [-0.3, -0.25) is 0 Å². The Bertz CT molecular complexity index is 647. The highest BCUT2D eigenvalue weighted by Crippen LogP contribution is 2.28. The fourth-order valence-corrected chi connectivity index (χ4v) is 2.78. The van der Waals surface area contributed by atoms with E-state index in [1.165, 1.54) is 0 Å². The molecule has 0 heterocycles. The lowest BCUT2D eigenvalue weighted by Crippen LogP contribution is -2.16. The summed E-state index contributed by atoms with van der Waals surface area (Å²) in [6.07, 6.45) is 0.851. The van der Waals surface area contributed by atoms with Gasteiger partial charge in [0, 0.05) is 16.6 Å². The number of hydrogen-bond donors (Lipinski definition) is 1. The van der Waals surface area contributed by atoms with Crippen molar-refractivity contribution in [2.75, 3.05) is 20.3 Å². The third kappa shape index (κ3) is 5.31. The molecule has 0 spiro atoms. The SMILES string of the molecule is CCOc1ccc(CNCCc2ccc(Cl)cc2Cl)cc1OC. The van der Waals surface area contributed by atoms with Crippen LogP contribution in [0, 0.1) is 0 Å². The van der Waals surface area contributed by atoms with Crippen molar-refractivity contribution in [2.45, 2.75) is 19.9 Å². The summed E-state index contributed by atoms with van der Waals surface area (Å²) in [5, 5.41) is 4.78. The van der Waals surface area contributed by atoms with E-state index < -0.39 is 0 Å². The van der Waals surface area contributed by atoms with Crippen LogP contribution in [0.15, 0.2) is 36.4 Å². The number of halogens is 2. The summed E-state index contributed by atoms with van der Waals surface area (Å²) < 4.78 is 10.9. The first-order chi connectivity index (χ1) is 11.1. The van der Waals surface area contributed by atoms with E-state index in [2.05, 4.69) is 5.32 Å². The van der Waals surface area contributed by atoms with E-state index >= 15 is 0 Å². The summed E-state index contributed by atoms with van der Waals surface area (Å²) >= 11 is 12.1. The molecule has 0 saturated carbocycles. The van der Waals surface area contributed by atoms with Crippen LogP contribution in [0.25, 0.3) is 0 Å². The van der Waals surface area contributed by atoms with Crippen LogP contribution in [-0.4, -0.2) is 20.3 Å². The van der Waals surface area contributed by atoms with Crippen LogP contribution in [0.1, 0.15) is 18.1 Å². The Morgan fingerprint density at radius 3 is 2.57 bits per heavy atom. The van der Waals surface area contributed by atoms with Gasteiger partial charge in [0.05, 0.1) is 13.7 Å². The normalized spacial score (nSPS) is 10.6. The van der Waals surface area contributed by atoms with Crippen LogP contribution in [0.5, 0.6) is 11.5 Å². The maximum Gasteiger partial charge on any atom is 0.161 e. The smallest absolute Gasteiger partial charge is 0.161 e. The van der Waals surface area contributed by atoms with Gasteiger partial charge in [0.1, 0.15) is 0 Å². The van der Waals surface area contributed by atoms with Crippen molar-refractivity contribution in [2.24, 2.45) is 0 Å². The highest BCUT2D eigenvalue weighted by molar-refractivity contribution is 6.35. The Morgan fingerprint density at radius 2 is 1.87 bits per heavy atom. The number of methoxy groups -OCH3 is 1. The van der Waals surface area contributed by atoms with Crippen LogP contribution in [0.3, 0.4) is 0 Å². The van der Waals surface area contributed by atoms with Crippen molar-refractivity contribution in [1.82, 2.24) is 5.32 Å². The molecule has 0 saturated heterocycles. The quantitative estimate of drug-likeness (QED) is 0.695. The Hall–Kier alpha value is -1.42. The van der Waals surface area contributed by atoms with Crippen molar-refractivity contribution in [3.63, 3.8) is 0 Å². The molecule has 0 aliphatic rings. The predicted octanol–water partition coefficient (Wildman–Crippen LogP) is 4.73. The fourth-order valence-electron chi connectivity index (χ4n) is 2.28. The summed E-state index contributed by atoms with van der Waals surface area (Å²) in [5.41, 5.74) is 2.24. The molecule has 0 fully saturated rings. The average Bonchev–Trinajstić information content (AvgIpc) is 2.54. The lowest BCUT2D eigenvalue weighted by atomic mass is 10.1. The van der Waals surface area contributed by atoms with Gasteiger partial charge in [0.2, 0.25) is 0 Å². The lowest BCUT2D eigenvalue weighted by Gasteiger charge is -2.12. The van der Waals surface area contributed by atoms with Gasteiger partial charge in [-0.1, -0.05) is 35.3 Å². The second kappa shape index (κ2) is 9.02. The zero-order valence-corrected chi connectivity index (χ0v) is 14.9. The zero-order valence-electron chi connectivity index (χ0n) is 13.4. The van der Waals surface area contributed by atoms with Crippen LogP contribution in [0.4, 0.5) is 0 Å². The first kappa shape index (κ1) is 17.9. The number of benzene rings is 2. The zero-order chi connectivity index (χ0) is 16.7. The standard InChI is InChI=1S/C18H21Cl2NO2/c1-3-23-17-7-4-13(10-18(17)22-2)12-21-9-8-14-5-6-15(19)11-16(14)20/h4-7,10-11,21H,3,8-9,12H2,1-2H3. The van der Waals surface area contributed by atoms with E-state index in [4.69, 9.17) is 32.7 Å². The summed E-state index contributed by atoms with van der Waals surface area (Å²) in [6.45, 7) is 4.16. The molecule has 3 nitrogen and oxygen atoms in total. The van der Waals surface area contributed by atoms with E-state index in [-0.39, 0.29) is 0 Å². The minimum Gasteiger partial charge on any atom is -0.493 e. The maximum atomic E-state index is 6.17. The van der Waals surface area contributed by atoms with Gasteiger partial charge in [-0.25, -0.2) is 0 Å². The molecular formula is C18H21Cl2NO2. The minimum atomic E-state index is 0.621. The highest BCUT2D eigenvalue weighted by Gasteiger charge is 2.05. The summed E-state index contributed by atoms with van der Waals surface area (Å²) in [5.74, 6) is 1.53. The van der Waals surface area contributed by atoms with Crippen molar-refractivity contribution in [1.29, 1.82) is 0 Å². The molecule has 5 heteroatoms. The number of rotatable bonds is 8. The molecule has 2 aromatic carbocycles. The largest absolute Gasteiger partial charge is 0.493 e. The molecule has 23 heavy (non-hydrogen) atoms. The number of nitrogens with one attached hydrogen (secondary N) is 1. The van der Waals surface area contributed by atoms with Gasteiger partial charge in [-0.05, 0) is 55.3 Å².